The van der Waals surface area contributed by atoms with E-state index in [9.17, 15) is 4.21 Å². The Morgan fingerprint density at radius 2 is 2.25 bits per heavy atom. The van der Waals surface area contributed by atoms with E-state index in [-0.39, 0.29) is 34.5 Å². The van der Waals surface area contributed by atoms with Gasteiger partial charge in [-0.2, -0.15) is 0 Å². The molecule has 0 aliphatic carbocycles. The molecule has 12 heavy (non-hydrogen) atoms. The molecule has 0 saturated heterocycles. The van der Waals surface area contributed by atoms with E-state index in [1.807, 2.05) is 0 Å². The Morgan fingerprint density at radius 3 is 2.58 bits per heavy atom. The molecule has 1 heterocycles. The number of aromatic nitrogens is 1. The molecule has 1 rings (SSSR count). The number of hydrogen-bond donors (Lipinski definition) is 1. The van der Waals surface area contributed by atoms with Gasteiger partial charge in [-0.25, -0.2) is 9.19 Å². The van der Waals surface area contributed by atoms with Crippen LogP contribution in [-0.4, -0.2) is 50.4 Å². The van der Waals surface area contributed by atoms with Gasteiger partial charge in [0, 0.05) is 12.3 Å². The summed E-state index contributed by atoms with van der Waals surface area (Å²) in [5.41, 5.74) is 0. The monoisotopic (exact) mass is 197 g/mol. The predicted octanol–water partition coefficient (Wildman–Crippen LogP) is 0.0223. The van der Waals surface area contributed by atoms with Crippen LogP contribution in [0.2, 0.25) is 0 Å². The third kappa shape index (κ3) is 3.20. The van der Waals surface area contributed by atoms with Gasteiger partial charge in [0.1, 0.15) is 0 Å². The zero-order valence-electron chi connectivity index (χ0n) is 5.85. The Hall–Kier alpha value is 0.0600. The van der Waals surface area contributed by atoms with E-state index in [0.717, 1.165) is 0 Å². The molecule has 4 nitrogen and oxygen atoms in total. The number of ether oxygens (including phenoxy) is 1. The van der Waals surface area contributed by atoms with Crippen molar-refractivity contribution in [3.8, 4) is 5.88 Å². The van der Waals surface area contributed by atoms with Crippen LogP contribution in [0.1, 0.15) is 0 Å². The third-order valence-corrected chi connectivity index (χ3v) is 1.76. The van der Waals surface area contributed by atoms with Gasteiger partial charge in [-0.3, -0.25) is 0 Å². The molecule has 0 amide bonds. The number of pyridine rings is 1. The van der Waals surface area contributed by atoms with Crippen LogP contribution in [0.5, 0.6) is 5.88 Å². The van der Waals surface area contributed by atoms with E-state index >= 15 is 0 Å². The van der Waals surface area contributed by atoms with E-state index in [2.05, 4.69) is 4.98 Å². The molecular weight excluding hydrogens is 189 g/mol. The first-order valence-corrected chi connectivity index (χ1v) is 3.95. The van der Waals surface area contributed by atoms with Crippen LogP contribution in [0.4, 0.5) is 0 Å². The van der Waals surface area contributed by atoms with Gasteiger partial charge < -0.3 is 9.29 Å². The first-order chi connectivity index (χ1) is 5.24. The van der Waals surface area contributed by atoms with Gasteiger partial charge in [-0.1, -0.05) is 0 Å². The Kier molecular flexibility index (Phi) is 5.69. The normalized spacial score (nSPS) is 11.5. The standard InChI is InChI=1S/C6H7NO3S.Na.H/c1-10-6-3-2-5(4-7-6)11(8)9;;/h2-4H,1H3,(H,8,9);;. The summed E-state index contributed by atoms with van der Waals surface area (Å²) in [7, 11) is 1.48. The van der Waals surface area contributed by atoms with Crippen molar-refractivity contribution in [3.63, 3.8) is 0 Å². The molecule has 0 saturated carbocycles. The molecule has 1 aromatic heterocycles. The summed E-state index contributed by atoms with van der Waals surface area (Å²) in [4.78, 5) is 4.01. The Balaban J connectivity index is 0.00000121. The van der Waals surface area contributed by atoms with Crippen molar-refractivity contribution in [2.24, 2.45) is 0 Å². The molecule has 0 spiro atoms. The second-order valence-corrected chi connectivity index (χ2v) is 2.76. The van der Waals surface area contributed by atoms with E-state index in [4.69, 9.17) is 9.29 Å². The maximum atomic E-state index is 10.4. The zero-order chi connectivity index (χ0) is 8.27. The van der Waals surface area contributed by atoms with Gasteiger partial charge in [0.2, 0.25) is 5.88 Å². The zero-order valence-corrected chi connectivity index (χ0v) is 6.67. The summed E-state index contributed by atoms with van der Waals surface area (Å²) in [5.74, 6) is 0.430. The van der Waals surface area contributed by atoms with Crippen molar-refractivity contribution in [2.45, 2.75) is 4.90 Å². The predicted molar refractivity (Wildman–Crippen MR) is 47.0 cm³/mol. The van der Waals surface area contributed by atoms with Crippen molar-refractivity contribution < 1.29 is 13.5 Å². The first kappa shape index (κ1) is 12.1. The Bertz CT molecular complexity index is 264. The number of nitrogens with zero attached hydrogens (tertiary/aromatic N) is 1. The molecular formula is C6H8NNaO3S. The second kappa shape index (κ2) is 5.66. The SMILES string of the molecule is COc1ccc(S(=O)O)cn1.[NaH]. The van der Waals surface area contributed by atoms with Crippen molar-refractivity contribution in [1.29, 1.82) is 0 Å². The van der Waals surface area contributed by atoms with Gasteiger partial charge >= 0.3 is 29.6 Å². The molecule has 1 unspecified atom stereocenters. The van der Waals surface area contributed by atoms with Crippen molar-refractivity contribution >= 4 is 40.6 Å². The molecule has 0 bridgehead atoms. The number of rotatable bonds is 2. The second-order valence-electron chi connectivity index (χ2n) is 1.79. The molecule has 0 aliphatic heterocycles. The van der Waals surface area contributed by atoms with Crippen LogP contribution in [0.15, 0.2) is 23.2 Å². The van der Waals surface area contributed by atoms with Gasteiger partial charge in [0.25, 0.3) is 0 Å². The molecule has 1 aromatic rings. The molecule has 62 valence electrons. The van der Waals surface area contributed by atoms with Crippen LogP contribution < -0.4 is 4.74 Å². The fourth-order valence-corrected chi connectivity index (χ4v) is 0.918. The molecule has 0 radical (unpaired) electrons. The maximum absolute atomic E-state index is 10.4. The number of methoxy groups -OCH3 is 1. The van der Waals surface area contributed by atoms with Crippen molar-refractivity contribution in [1.82, 2.24) is 4.98 Å². The molecule has 0 aliphatic rings. The molecule has 0 aromatic carbocycles. The first-order valence-electron chi connectivity index (χ1n) is 2.85. The summed E-state index contributed by atoms with van der Waals surface area (Å²) < 4.78 is 23.8. The quantitative estimate of drug-likeness (QED) is 0.536. The van der Waals surface area contributed by atoms with E-state index in [0.29, 0.717) is 5.88 Å². The van der Waals surface area contributed by atoms with Gasteiger partial charge in [-0.05, 0) is 6.07 Å². The molecule has 1 N–H and O–H groups in total. The summed E-state index contributed by atoms with van der Waals surface area (Å²) in [6.07, 6.45) is 1.30. The third-order valence-electron chi connectivity index (χ3n) is 1.12. The van der Waals surface area contributed by atoms with Gasteiger partial charge in [0.05, 0.1) is 12.0 Å². The number of hydrogen-bond acceptors (Lipinski definition) is 3. The van der Waals surface area contributed by atoms with Gasteiger partial charge in [-0.15, -0.1) is 0 Å². The van der Waals surface area contributed by atoms with Gasteiger partial charge in [0.15, 0.2) is 11.1 Å². The van der Waals surface area contributed by atoms with Crippen LogP contribution >= 0.6 is 0 Å². The van der Waals surface area contributed by atoms with Crippen molar-refractivity contribution in [2.75, 3.05) is 7.11 Å². The minimum atomic E-state index is -1.96. The summed E-state index contributed by atoms with van der Waals surface area (Å²) in [5, 5.41) is 0. The Morgan fingerprint density at radius 1 is 1.58 bits per heavy atom. The average molecular weight is 197 g/mol. The van der Waals surface area contributed by atoms with Crippen LogP contribution in [0.25, 0.3) is 0 Å². The summed E-state index contributed by atoms with van der Waals surface area (Å²) in [6, 6.07) is 3.02. The minimum absolute atomic E-state index is 0. The molecule has 1 atom stereocenters. The Labute approximate surface area is 94.9 Å². The molecule has 6 heteroatoms. The van der Waals surface area contributed by atoms with Crippen LogP contribution in [0, 0.1) is 0 Å². The van der Waals surface area contributed by atoms with Crippen LogP contribution in [0.3, 0.4) is 0 Å². The van der Waals surface area contributed by atoms with E-state index in [1.54, 1.807) is 0 Å². The van der Waals surface area contributed by atoms with E-state index < -0.39 is 11.1 Å². The fraction of sp³-hybridized carbons (Fsp3) is 0.167. The summed E-state index contributed by atoms with van der Waals surface area (Å²) >= 11 is -1.96. The average Bonchev–Trinajstić information content (AvgIpc) is 2.05. The van der Waals surface area contributed by atoms with E-state index in [1.165, 1.54) is 25.4 Å². The van der Waals surface area contributed by atoms with Crippen molar-refractivity contribution in [3.05, 3.63) is 18.3 Å². The van der Waals surface area contributed by atoms with Crippen LogP contribution in [-0.2, 0) is 11.1 Å². The topological polar surface area (TPSA) is 59.4 Å². The molecule has 0 fully saturated rings. The summed E-state index contributed by atoms with van der Waals surface area (Å²) in [6.45, 7) is 0. The fourth-order valence-electron chi connectivity index (χ4n) is 0.591.